The van der Waals surface area contributed by atoms with Crippen LogP contribution in [0.4, 0.5) is 4.39 Å². The molecular formula is C13H13ClFNO3. The molecule has 0 spiro atoms. The van der Waals surface area contributed by atoms with Crippen LogP contribution in [0.3, 0.4) is 0 Å². The van der Waals surface area contributed by atoms with Gasteiger partial charge in [-0.25, -0.2) is 4.39 Å². The van der Waals surface area contributed by atoms with E-state index in [-0.39, 0.29) is 23.0 Å². The van der Waals surface area contributed by atoms with Crippen molar-refractivity contribution in [2.24, 2.45) is 5.92 Å². The normalized spacial score (nSPS) is 19.3. The molecule has 1 fully saturated rings. The maximum absolute atomic E-state index is 12.9. The summed E-state index contributed by atoms with van der Waals surface area (Å²) in [7, 11) is 0. The van der Waals surface area contributed by atoms with Crippen LogP contribution in [0.1, 0.15) is 23.2 Å². The van der Waals surface area contributed by atoms with Gasteiger partial charge in [0.1, 0.15) is 5.82 Å². The van der Waals surface area contributed by atoms with Crippen molar-refractivity contribution in [3.63, 3.8) is 0 Å². The molecule has 1 aliphatic heterocycles. The fourth-order valence-corrected chi connectivity index (χ4v) is 2.44. The predicted octanol–water partition coefficient (Wildman–Crippen LogP) is 2.42. The van der Waals surface area contributed by atoms with Crippen molar-refractivity contribution in [2.75, 3.05) is 13.1 Å². The van der Waals surface area contributed by atoms with E-state index in [2.05, 4.69) is 0 Å². The Morgan fingerprint density at radius 3 is 2.79 bits per heavy atom. The molecule has 0 bridgehead atoms. The minimum atomic E-state index is -0.900. The van der Waals surface area contributed by atoms with E-state index in [0.29, 0.717) is 19.4 Å². The van der Waals surface area contributed by atoms with Crippen LogP contribution in [0.25, 0.3) is 0 Å². The number of hydrogen-bond donors (Lipinski definition) is 1. The molecule has 1 amide bonds. The standard InChI is InChI=1S/C13H13ClFNO3/c14-11-6-9(15)3-4-10(11)12(17)16-5-1-2-8(7-16)13(18)19/h3-4,6,8H,1-2,5,7H2,(H,18,19)/t8-/m0/s1. The van der Waals surface area contributed by atoms with Gasteiger partial charge in [0.05, 0.1) is 16.5 Å². The summed E-state index contributed by atoms with van der Waals surface area (Å²) in [6, 6.07) is 3.57. The number of piperidine rings is 1. The van der Waals surface area contributed by atoms with E-state index in [1.165, 1.54) is 11.0 Å². The second kappa shape index (κ2) is 5.57. The summed E-state index contributed by atoms with van der Waals surface area (Å²) in [6.07, 6.45) is 1.21. The molecule has 1 aromatic rings. The van der Waals surface area contributed by atoms with Crippen LogP contribution in [-0.4, -0.2) is 35.0 Å². The van der Waals surface area contributed by atoms with E-state index in [1.54, 1.807) is 0 Å². The molecule has 102 valence electrons. The molecule has 0 saturated carbocycles. The zero-order valence-electron chi connectivity index (χ0n) is 10.1. The minimum absolute atomic E-state index is 0.0439. The van der Waals surface area contributed by atoms with Gasteiger partial charge >= 0.3 is 5.97 Å². The molecule has 4 nitrogen and oxygen atoms in total. The number of carboxylic acid groups (broad SMARTS) is 1. The number of carbonyl (C=O) groups is 2. The lowest BCUT2D eigenvalue weighted by Gasteiger charge is -2.31. The highest BCUT2D eigenvalue weighted by Crippen LogP contribution is 2.23. The third-order valence-electron chi connectivity index (χ3n) is 3.22. The second-order valence-corrected chi connectivity index (χ2v) is 4.96. The molecule has 1 aliphatic rings. The molecular weight excluding hydrogens is 273 g/mol. The highest BCUT2D eigenvalue weighted by atomic mass is 35.5. The summed E-state index contributed by atoms with van der Waals surface area (Å²) in [5.74, 6) is -2.31. The number of aliphatic carboxylic acids is 1. The average molecular weight is 286 g/mol. The number of likely N-dealkylation sites (tertiary alicyclic amines) is 1. The number of hydrogen-bond acceptors (Lipinski definition) is 2. The summed E-state index contributed by atoms with van der Waals surface area (Å²) < 4.78 is 12.9. The lowest BCUT2D eigenvalue weighted by Crippen LogP contribution is -2.42. The third-order valence-corrected chi connectivity index (χ3v) is 3.53. The predicted molar refractivity (Wildman–Crippen MR) is 67.7 cm³/mol. The van der Waals surface area contributed by atoms with Crippen LogP contribution in [0.15, 0.2) is 18.2 Å². The molecule has 1 atom stereocenters. The fraction of sp³-hybridized carbons (Fsp3) is 0.385. The summed E-state index contributed by atoms with van der Waals surface area (Å²) in [5.41, 5.74) is 0.203. The zero-order chi connectivity index (χ0) is 14.0. The van der Waals surface area contributed by atoms with E-state index < -0.39 is 17.7 Å². The number of rotatable bonds is 2. The van der Waals surface area contributed by atoms with Gasteiger partial charge in [-0.2, -0.15) is 0 Å². The number of halogens is 2. The maximum atomic E-state index is 12.9. The quantitative estimate of drug-likeness (QED) is 0.908. The Kier molecular flexibility index (Phi) is 4.04. The summed E-state index contributed by atoms with van der Waals surface area (Å²) >= 11 is 5.84. The van der Waals surface area contributed by atoms with Gasteiger partial charge in [-0.05, 0) is 31.0 Å². The van der Waals surface area contributed by atoms with Crippen LogP contribution in [0.2, 0.25) is 5.02 Å². The van der Waals surface area contributed by atoms with E-state index in [9.17, 15) is 14.0 Å². The van der Waals surface area contributed by atoms with Gasteiger partial charge in [-0.15, -0.1) is 0 Å². The Labute approximate surface area is 114 Å². The topological polar surface area (TPSA) is 57.6 Å². The third kappa shape index (κ3) is 3.04. The van der Waals surface area contributed by atoms with Gasteiger partial charge in [-0.3, -0.25) is 9.59 Å². The molecule has 0 aliphatic carbocycles. The van der Waals surface area contributed by atoms with Crippen LogP contribution >= 0.6 is 11.6 Å². The number of carbonyl (C=O) groups excluding carboxylic acids is 1. The van der Waals surface area contributed by atoms with Crippen molar-refractivity contribution < 1.29 is 19.1 Å². The van der Waals surface area contributed by atoms with Crippen LogP contribution in [-0.2, 0) is 4.79 Å². The van der Waals surface area contributed by atoms with Crippen molar-refractivity contribution in [3.05, 3.63) is 34.6 Å². The monoisotopic (exact) mass is 285 g/mol. The smallest absolute Gasteiger partial charge is 0.308 e. The largest absolute Gasteiger partial charge is 0.481 e. The molecule has 19 heavy (non-hydrogen) atoms. The van der Waals surface area contributed by atoms with Crippen LogP contribution in [0, 0.1) is 11.7 Å². The van der Waals surface area contributed by atoms with Gasteiger partial charge in [-0.1, -0.05) is 11.6 Å². The van der Waals surface area contributed by atoms with E-state index in [0.717, 1.165) is 12.1 Å². The summed E-state index contributed by atoms with van der Waals surface area (Å²) in [5, 5.41) is 9.03. The number of nitrogens with zero attached hydrogens (tertiary/aromatic N) is 1. The van der Waals surface area contributed by atoms with Crippen molar-refractivity contribution >= 4 is 23.5 Å². The van der Waals surface area contributed by atoms with Crippen molar-refractivity contribution in [3.8, 4) is 0 Å². The first kappa shape index (κ1) is 13.8. The second-order valence-electron chi connectivity index (χ2n) is 4.55. The Balaban J connectivity index is 2.17. The first-order chi connectivity index (χ1) is 8.99. The highest BCUT2D eigenvalue weighted by molar-refractivity contribution is 6.33. The maximum Gasteiger partial charge on any atom is 0.308 e. The van der Waals surface area contributed by atoms with Crippen molar-refractivity contribution in [1.29, 1.82) is 0 Å². The molecule has 0 radical (unpaired) electrons. The molecule has 0 aromatic heterocycles. The first-order valence-corrected chi connectivity index (χ1v) is 6.34. The van der Waals surface area contributed by atoms with E-state index >= 15 is 0 Å². The SMILES string of the molecule is O=C(O)[C@H]1CCCN(C(=O)c2ccc(F)cc2Cl)C1. The van der Waals surface area contributed by atoms with Crippen molar-refractivity contribution in [1.82, 2.24) is 4.90 Å². The Morgan fingerprint density at radius 2 is 2.16 bits per heavy atom. The molecule has 1 N–H and O–H groups in total. The highest BCUT2D eigenvalue weighted by Gasteiger charge is 2.29. The molecule has 1 saturated heterocycles. The number of carboxylic acids is 1. The van der Waals surface area contributed by atoms with Crippen LogP contribution in [0.5, 0.6) is 0 Å². The molecule has 1 heterocycles. The summed E-state index contributed by atoms with van der Waals surface area (Å²) in [4.78, 5) is 24.6. The minimum Gasteiger partial charge on any atom is -0.481 e. The number of benzene rings is 1. The lowest BCUT2D eigenvalue weighted by atomic mass is 9.97. The van der Waals surface area contributed by atoms with Gasteiger partial charge < -0.3 is 10.0 Å². The van der Waals surface area contributed by atoms with Crippen molar-refractivity contribution in [2.45, 2.75) is 12.8 Å². The van der Waals surface area contributed by atoms with Gasteiger partial charge in [0.25, 0.3) is 5.91 Å². The lowest BCUT2D eigenvalue weighted by molar-refractivity contribution is -0.143. The van der Waals surface area contributed by atoms with Crippen LogP contribution < -0.4 is 0 Å². The van der Waals surface area contributed by atoms with Gasteiger partial charge in [0, 0.05) is 13.1 Å². The molecule has 0 unspecified atom stereocenters. The van der Waals surface area contributed by atoms with Gasteiger partial charge in [0.2, 0.25) is 0 Å². The molecule has 6 heteroatoms. The Bertz CT molecular complexity index is 521. The molecule has 2 rings (SSSR count). The average Bonchev–Trinajstić information content (AvgIpc) is 2.38. The molecule has 1 aromatic carbocycles. The number of amides is 1. The first-order valence-electron chi connectivity index (χ1n) is 5.96. The Morgan fingerprint density at radius 1 is 1.42 bits per heavy atom. The summed E-state index contributed by atoms with van der Waals surface area (Å²) in [6.45, 7) is 0.665. The zero-order valence-corrected chi connectivity index (χ0v) is 10.9. The van der Waals surface area contributed by atoms with Gasteiger partial charge in [0.15, 0.2) is 0 Å². The van der Waals surface area contributed by atoms with E-state index in [4.69, 9.17) is 16.7 Å². The fourth-order valence-electron chi connectivity index (χ4n) is 2.20. The Hall–Kier alpha value is -1.62. The van der Waals surface area contributed by atoms with E-state index in [1.807, 2.05) is 0 Å².